The van der Waals surface area contributed by atoms with Crippen LogP contribution < -0.4 is 5.32 Å². The van der Waals surface area contributed by atoms with E-state index in [1.54, 1.807) is 0 Å². The van der Waals surface area contributed by atoms with Crippen molar-refractivity contribution in [1.82, 2.24) is 5.32 Å². The zero-order chi connectivity index (χ0) is 13.6. The molecular weight excluding hydrogens is 270 g/mol. The normalized spacial score (nSPS) is 13.5. The Labute approximate surface area is 114 Å². The van der Waals surface area contributed by atoms with Crippen molar-refractivity contribution in [2.45, 2.75) is 19.3 Å². The summed E-state index contributed by atoms with van der Waals surface area (Å²) in [5.41, 5.74) is 1.02. The first-order valence-electron chi connectivity index (χ1n) is 6.07. The highest BCUT2D eigenvalue weighted by Gasteiger charge is 2.16. The van der Waals surface area contributed by atoms with Gasteiger partial charge in [0.2, 0.25) is 0 Å². The predicted molar refractivity (Wildman–Crippen MR) is 77.1 cm³/mol. The Bertz CT molecular complexity index is 474. The first kappa shape index (κ1) is 15.5. The maximum absolute atomic E-state index is 11.3. The van der Waals surface area contributed by atoms with Crippen molar-refractivity contribution in [2.75, 3.05) is 25.1 Å². The SMILES string of the molecule is CCNCC(CCS(C)(=O)=O)c1ccccc1Cl. The molecule has 5 heteroatoms. The summed E-state index contributed by atoms with van der Waals surface area (Å²) in [6.07, 6.45) is 1.86. The molecule has 1 N–H and O–H groups in total. The third-order valence-corrected chi connectivity index (χ3v) is 4.14. The summed E-state index contributed by atoms with van der Waals surface area (Å²) < 4.78 is 22.5. The van der Waals surface area contributed by atoms with E-state index >= 15 is 0 Å². The van der Waals surface area contributed by atoms with Crippen LogP contribution in [0.3, 0.4) is 0 Å². The molecule has 3 nitrogen and oxygen atoms in total. The number of nitrogens with one attached hydrogen (secondary N) is 1. The van der Waals surface area contributed by atoms with Crippen LogP contribution in [0.2, 0.25) is 5.02 Å². The van der Waals surface area contributed by atoms with Crippen LogP contribution in [0.5, 0.6) is 0 Å². The number of sulfone groups is 1. The van der Waals surface area contributed by atoms with E-state index in [0.717, 1.165) is 18.7 Å². The van der Waals surface area contributed by atoms with Crippen LogP contribution >= 0.6 is 11.6 Å². The van der Waals surface area contributed by atoms with E-state index in [1.165, 1.54) is 6.26 Å². The molecule has 1 aromatic carbocycles. The van der Waals surface area contributed by atoms with Crippen molar-refractivity contribution >= 4 is 21.4 Å². The molecule has 0 aromatic heterocycles. The molecule has 18 heavy (non-hydrogen) atoms. The van der Waals surface area contributed by atoms with Crippen molar-refractivity contribution in [3.05, 3.63) is 34.9 Å². The van der Waals surface area contributed by atoms with Crippen molar-refractivity contribution in [1.29, 1.82) is 0 Å². The number of likely N-dealkylation sites (N-methyl/N-ethyl adjacent to an activating group) is 1. The van der Waals surface area contributed by atoms with Gasteiger partial charge in [0, 0.05) is 17.8 Å². The summed E-state index contributed by atoms with van der Waals surface area (Å²) in [4.78, 5) is 0. The minimum Gasteiger partial charge on any atom is -0.316 e. The molecule has 0 saturated carbocycles. The van der Waals surface area contributed by atoms with Crippen LogP contribution in [-0.4, -0.2) is 33.5 Å². The molecule has 0 aliphatic carbocycles. The molecule has 102 valence electrons. The molecule has 1 atom stereocenters. The average Bonchev–Trinajstić information content (AvgIpc) is 2.29. The van der Waals surface area contributed by atoms with Crippen LogP contribution in [-0.2, 0) is 9.84 Å². The Morgan fingerprint density at radius 2 is 2.00 bits per heavy atom. The van der Waals surface area contributed by atoms with E-state index in [-0.39, 0.29) is 11.7 Å². The third kappa shape index (κ3) is 5.38. The molecule has 1 unspecified atom stereocenters. The van der Waals surface area contributed by atoms with Gasteiger partial charge in [0.15, 0.2) is 0 Å². The van der Waals surface area contributed by atoms with Crippen molar-refractivity contribution in [3.8, 4) is 0 Å². The fourth-order valence-electron chi connectivity index (χ4n) is 1.85. The lowest BCUT2D eigenvalue weighted by Crippen LogP contribution is -2.23. The average molecular weight is 290 g/mol. The van der Waals surface area contributed by atoms with E-state index in [4.69, 9.17) is 11.6 Å². The Balaban J connectivity index is 2.81. The van der Waals surface area contributed by atoms with E-state index in [0.29, 0.717) is 11.4 Å². The number of benzene rings is 1. The minimum atomic E-state index is -2.94. The minimum absolute atomic E-state index is 0.133. The molecule has 0 spiro atoms. The molecule has 0 fully saturated rings. The maximum atomic E-state index is 11.3. The predicted octanol–water partition coefficient (Wildman–Crippen LogP) is 2.47. The molecule has 0 radical (unpaired) electrons. The lowest BCUT2D eigenvalue weighted by atomic mass is 9.96. The van der Waals surface area contributed by atoms with Gasteiger partial charge in [0.05, 0.1) is 5.75 Å². The maximum Gasteiger partial charge on any atom is 0.147 e. The Kier molecular flexibility index (Phi) is 6.12. The van der Waals surface area contributed by atoms with Crippen molar-refractivity contribution in [3.63, 3.8) is 0 Å². The smallest absolute Gasteiger partial charge is 0.147 e. The van der Waals surface area contributed by atoms with Crippen LogP contribution in [0.15, 0.2) is 24.3 Å². The number of hydrogen-bond donors (Lipinski definition) is 1. The second-order valence-corrected chi connectivity index (χ2v) is 7.11. The monoisotopic (exact) mass is 289 g/mol. The lowest BCUT2D eigenvalue weighted by Gasteiger charge is -2.18. The zero-order valence-corrected chi connectivity index (χ0v) is 12.4. The molecule has 0 saturated heterocycles. The zero-order valence-electron chi connectivity index (χ0n) is 10.8. The Morgan fingerprint density at radius 1 is 1.33 bits per heavy atom. The van der Waals surface area contributed by atoms with Gasteiger partial charge in [-0.25, -0.2) is 8.42 Å². The van der Waals surface area contributed by atoms with E-state index in [1.807, 2.05) is 31.2 Å². The van der Waals surface area contributed by atoms with E-state index in [9.17, 15) is 8.42 Å². The van der Waals surface area contributed by atoms with E-state index < -0.39 is 9.84 Å². The summed E-state index contributed by atoms with van der Waals surface area (Å²) in [6.45, 7) is 3.63. The molecule has 0 bridgehead atoms. The highest BCUT2D eigenvalue weighted by molar-refractivity contribution is 7.90. The van der Waals surface area contributed by atoms with Crippen LogP contribution in [0.25, 0.3) is 0 Å². The van der Waals surface area contributed by atoms with Crippen molar-refractivity contribution < 1.29 is 8.42 Å². The second kappa shape index (κ2) is 7.12. The fraction of sp³-hybridized carbons (Fsp3) is 0.538. The van der Waals surface area contributed by atoms with Gasteiger partial charge in [-0.2, -0.15) is 0 Å². The van der Waals surface area contributed by atoms with Crippen molar-refractivity contribution in [2.24, 2.45) is 0 Å². The Morgan fingerprint density at radius 3 is 2.56 bits per heavy atom. The summed E-state index contributed by atoms with van der Waals surface area (Å²) in [6, 6.07) is 7.62. The first-order chi connectivity index (χ1) is 8.44. The molecule has 0 aliphatic heterocycles. The van der Waals surface area contributed by atoms with Gasteiger partial charge in [-0.3, -0.25) is 0 Å². The second-order valence-electron chi connectivity index (χ2n) is 4.44. The van der Waals surface area contributed by atoms with Crippen LogP contribution in [0.4, 0.5) is 0 Å². The van der Waals surface area contributed by atoms with Crippen LogP contribution in [0.1, 0.15) is 24.8 Å². The fourth-order valence-corrected chi connectivity index (χ4v) is 2.85. The lowest BCUT2D eigenvalue weighted by molar-refractivity contribution is 0.566. The summed E-state index contributed by atoms with van der Waals surface area (Å²) in [7, 11) is -2.94. The van der Waals surface area contributed by atoms with Crippen LogP contribution in [0, 0.1) is 0 Å². The summed E-state index contributed by atoms with van der Waals surface area (Å²) in [5, 5.41) is 3.96. The molecule has 1 rings (SSSR count). The molecule has 0 heterocycles. The first-order valence-corrected chi connectivity index (χ1v) is 8.50. The standard InChI is InChI=1S/C13H20ClNO2S/c1-3-15-10-11(8-9-18(2,16)17)12-6-4-5-7-13(12)14/h4-7,11,15H,3,8-10H2,1-2H3. The summed E-state index contributed by atoms with van der Waals surface area (Å²) >= 11 is 6.17. The largest absolute Gasteiger partial charge is 0.316 e. The number of hydrogen-bond acceptors (Lipinski definition) is 3. The quantitative estimate of drug-likeness (QED) is 0.839. The van der Waals surface area contributed by atoms with Gasteiger partial charge in [0.25, 0.3) is 0 Å². The summed E-state index contributed by atoms with van der Waals surface area (Å²) in [5.74, 6) is 0.322. The third-order valence-electron chi connectivity index (χ3n) is 2.82. The van der Waals surface area contributed by atoms with Gasteiger partial charge in [-0.05, 0) is 30.5 Å². The highest BCUT2D eigenvalue weighted by atomic mass is 35.5. The highest BCUT2D eigenvalue weighted by Crippen LogP contribution is 2.26. The van der Waals surface area contributed by atoms with Gasteiger partial charge >= 0.3 is 0 Å². The number of halogens is 1. The molecule has 1 aromatic rings. The molecule has 0 amide bonds. The van der Waals surface area contributed by atoms with Gasteiger partial charge in [0.1, 0.15) is 9.84 Å². The van der Waals surface area contributed by atoms with Gasteiger partial charge in [-0.15, -0.1) is 0 Å². The topological polar surface area (TPSA) is 46.2 Å². The number of rotatable bonds is 7. The molecule has 0 aliphatic rings. The molecular formula is C13H20ClNO2S. The van der Waals surface area contributed by atoms with Gasteiger partial charge in [-0.1, -0.05) is 36.7 Å². The Hall–Kier alpha value is -0.580. The van der Waals surface area contributed by atoms with E-state index in [2.05, 4.69) is 5.32 Å². The van der Waals surface area contributed by atoms with Gasteiger partial charge < -0.3 is 5.32 Å².